The van der Waals surface area contributed by atoms with Gasteiger partial charge in [0, 0.05) is 48.5 Å². The number of pyridine rings is 2. The molecular formula is C30H32Cl2N6O6. The summed E-state index contributed by atoms with van der Waals surface area (Å²) in [6, 6.07) is 6.56. The Kier molecular flexibility index (Phi) is 10.4. The number of ether oxygens (including phenoxy) is 2. The van der Waals surface area contributed by atoms with Gasteiger partial charge in [0.25, 0.3) is 5.56 Å². The zero-order chi connectivity index (χ0) is 32.0. The maximum absolute atomic E-state index is 14.2. The Morgan fingerprint density at radius 2 is 1.82 bits per heavy atom. The average Bonchev–Trinajstić information content (AvgIpc) is 3.02. The van der Waals surface area contributed by atoms with Crippen LogP contribution in [-0.4, -0.2) is 68.6 Å². The van der Waals surface area contributed by atoms with Crippen molar-refractivity contribution in [3.63, 3.8) is 0 Å². The number of fused-ring (bicyclic) bond motifs is 1. The van der Waals surface area contributed by atoms with Crippen LogP contribution in [0.25, 0.3) is 22.2 Å². The number of aromatic nitrogens is 4. The minimum absolute atomic E-state index is 0.127. The standard InChI is InChI=1S/C30H32Cl2N6O6/c1-5-23(41)35-19-7-6-18(33-15-19)8-10-38-27-17(14-34-29(36-27)37-30(2,16-40)9-11-39)12-20(28(38)42)24-25(31)21(43-3)13-22(44-4)26(24)32/h5-7,12-15,39-40H,1,8-11,16H2,2-4H3,(H,35,41)(H,34,36,37). The smallest absolute Gasteiger partial charge is 0.260 e. The fraction of sp³-hybridized carbons (Fsp3) is 0.300. The second kappa shape index (κ2) is 14.0. The summed E-state index contributed by atoms with van der Waals surface area (Å²) in [7, 11) is 2.88. The number of aryl methyl sites for hydroxylation is 2. The van der Waals surface area contributed by atoms with Gasteiger partial charge in [0.05, 0.1) is 53.9 Å². The summed E-state index contributed by atoms with van der Waals surface area (Å²) in [5, 5.41) is 25.8. The summed E-state index contributed by atoms with van der Waals surface area (Å²) in [4.78, 5) is 39.2. The van der Waals surface area contributed by atoms with Crippen molar-refractivity contribution in [3.05, 3.63) is 75.4 Å². The maximum atomic E-state index is 14.2. The van der Waals surface area contributed by atoms with E-state index in [-0.39, 0.29) is 70.7 Å². The van der Waals surface area contributed by atoms with E-state index in [2.05, 4.69) is 32.2 Å². The van der Waals surface area contributed by atoms with E-state index >= 15 is 0 Å². The average molecular weight is 644 g/mol. The molecule has 1 aromatic carbocycles. The number of methoxy groups -OCH3 is 2. The third-order valence-electron chi connectivity index (χ3n) is 6.97. The number of aliphatic hydroxyl groups is 2. The molecule has 0 saturated heterocycles. The van der Waals surface area contributed by atoms with Gasteiger partial charge in [0.15, 0.2) is 0 Å². The number of halogens is 2. The molecule has 0 radical (unpaired) electrons. The molecule has 1 amide bonds. The number of carbonyl (C=O) groups is 1. The van der Waals surface area contributed by atoms with Crippen LogP contribution in [-0.2, 0) is 17.8 Å². The highest BCUT2D eigenvalue weighted by Gasteiger charge is 2.26. The Labute approximate surface area is 263 Å². The fourth-order valence-corrected chi connectivity index (χ4v) is 5.20. The highest BCUT2D eigenvalue weighted by atomic mass is 35.5. The molecule has 44 heavy (non-hydrogen) atoms. The van der Waals surface area contributed by atoms with Crippen molar-refractivity contribution in [3.8, 4) is 22.6 Å². The molecule has 4 rings (SSSR count). The van der Waals surface area contributed by atoms with Gasteiger partial charge in [0.1, 0.15) is 17.1 Å². The number of hydrogen-bond donors (Lipinski definition) is 4. The van der Waals surface area contributed by atoms with Gasteiger partial charge in [-0.25, -0.2) is 4.98 Å². The molecule has 0 aliphatic heterocycles. The van der Waals surface area contributed by atoms with Crippen LogP contribution < -0.4 is 25.7 Å². The van der Waals surface area contributed by atoms with E-state index in [0.717, 1.165) is 6.08 Å². The maximum Gasteiger partial charge on any atom is 0.260 e. The molecule has 0 bridgehead atoms. The van der Waals surface area contributed by atoms with Crippen LogP contribution in [0.2, 0.25) is 10.0 Å². The summed E-state index contributed by atoms with van der Waals surface area (Å²) < 4.78 is 12.3. The second-order valence-corrected chi connectivity index (χ2v) is 10.8. The number of amides is 1. The van der Waals surface area contributed by atoms with Crippen LogP contribution in [0.1, 0.15) is 19.0 Å². The van der Waals surface area contributed by atoms with Gasteiger partial charge >= 0.3 is 0 Å². The summed E-state index contributed by atoms with van der Waals surface area (Å²) in [5.74, 6) is 0.332. The SMILES string of the molecule is C=CC(=O)Nc1ccc(CCn2c(=O)c(-c3c(Cl)c(OC)cc(OC)c3Cl)cc3cnc(NC(C)(CO)CCO)nc32)nc1. The molecule has 4 N–H and O–H groups in total. The van der Waals surface area contributed by atoms with E-state index in [1.165, 1.54) is 37.2 Å². The molecule has 0 spiro atoms. The number of hydrogen-bond acceptors (Lipinski definition) is 10. The minimum Gasteiger partial charge on any atom is -0.495 e. The van der Waals surface area contributed by atoms with E-state index in [0.29, 0.717) is 28.8 Å². The number of nitrogens with zero attached hydrogens (tertiary/aromatic N) is 4. The number of nitrogens with one attached hydrogen (secondary N) is 2. The molecule has 0 aliphatic rings. The largest absolute Gasteiger partial charge is 0.495 e. The van der Waals surface area contributed by atoms with E-state index in [9.17, 15) is 19.8 Å². The van der Waals surface area contributed by atoms with E-state index < -0.39 is 11.1 Å². The zero-order valence-electron chi connectivity index (χ0n) is 24.4. The van der Waals surface area contributed by atoms with Crippen LogP contribution in [0.3, 0.4) is 0 Å². The second-order valence-electron chi connectivity index (χ2n) is 10.1. The summed E-state index contributed by atoms with van der Waals surface area (Å²) in [5.41, 5.74) is 0.493. The van der Waals surface area contributed by atoms with Gasteiger partial charge in [-0.05, 0) is 37.6 Å². The lowest BCUT2D eigenvalue weighted by molar-refractivity contribution is -0.111. The fourth-order valence-electron chi connectivity index (χ4n) is 4.49. The van der Waals surface area contributed by atoms with Gasteiger partial charge in [-0.2, -0.15) is 4.98 Å². The molecule has 1 unspecified atom stereocenters. The molecule has 4 aromatic rings. The predicted molar refractivity (Wildman–Crippen MR) is 170 cm³/mol. The van der Waals surface area contributed by atoms with Gasteiger partial charge in [0.2, 0.25) is 11.9 Å². The Hall–Kier alpha value is -4.23. The third kappa shape index (κ3) is 6.94. The normalized spacial score (nSPS) is 12.4. The van der Waals surface area contributed by atoms with Gasteiger partial charge in [-0.3, -0.25) is 19.1 Å². The molecule has 3 heterocycles. The molecule has 12 nitrogen and oxygen atoms in total. The first-order valence-electron chi connectivity index (χ1n) is 13.5. The third-order valence-corrected chi connectivity index (χ3v) is 7.72. The highest BCUT2D eigenvalue weighted by Crippen LogP contribution is 2.45. The molecule has 0 fully saturated rings. The molecule has 232 valence electrons. The number of benzene rings is 1. The minimum atomic E-state index is -0.904. The van der Waals surface area contributed by atoms with E-state index in [1.807, 2.05) is 0 Å². The molecule has 3 aromatic heterocycles. The summed E-state index contributed by atoms with van der Waals surface area (Å²) >= 11 is 13.4. The Balaban J connectivity index is 1.86. The first kappa shape index (κ1) is 32.7. The van der Waals surface area contributed by atoms with Crippen molar-refractivity contribution in [2.75, 3.05) is 38.1 Å². The Bertz CT molecular complexity index is 1720. The van der Waals surface area contributed by atoms with Crippen molar-refractivity contribution in [1.29, 1.82) is 0 Å². The molecule has 1 atom stereocenters. The quantitative estimate of drug-likeness (QED) is 0.156. The molecular weight excluding hydrogens is 611 g/mol. The van der Waals surface area contributed by atoms with E-state index in [1.54, 1.807) is 25.1 Å². The topological polar surface area (TPSA) is 161 Å². The van der Waals surface area contributed by atoms with Crippen LogP contribution in [0, 0.1) is 0 Å². The number of rotatable bonds is 13. The van der Waals surface area contributed by atoms with Crippen molar-refractivity contribution in [2.24, 2.45) is 0 Å². The number of aliphatic hydroxyl groups excluding tert-OH is 2. The number of carbonyl (C=O) groups excluding carboxylic acids is 1. The monoisotopic (exact) mass is 642 g/mol. The molecule has 14 heteroatoms. The lowest BCUT2D eigenvalue weighted by Crippen LogP contribution is -2.40. The van der Waals surface area contributed by atoms with Gasteiger partial charge in [-0.15, -0.1) is 0 Å². The Morgan fingerprint density at radius 1 is 1.11 bits per heavy atom. The van der Waals surface area contributed by atoms with Crippen LogP contribution in [0.15, 0.2) is 54.1 Å². The zero-order valence-corrected chi connectivity index (χ0v) is 25.9. The van der Waals surface area contributed by atoms with Crippen molar-refractivity contribution in [1.82, 2.24) is 19.5 Å². The first-order valence-corrected chi connectivity index (χ1v) is 14.2. The highest BCUT2D eigenvalue weighted by molar-refractivity contribution is 6.41. The first-order chi connectivity index (χ1) is 21.1. The van der Waals surface area contributed by atoms with Crippen molar-refractivity contribution < 1.29 is 24.5 Å². The summed E-state index contributed by atoms with van der Waals surface area (Å²) in [6.45, 7) is 4.85. The van der Waals surface area contributed by atoms with Gasteiger partial charge < -0.3 is 30.3 Å². The van der Waals surface area contributed by atoms with Crippen LogP contribution in [0.5, 0.6) is 11.5 Å². The van der Waals surface area contributed by atoms with Crippen LogP contribution >= 0.6 is 23.2 Å². The number of anilines is 2. The van der Waals surface area contributed by atoms with Crippen molar-refractivity contribution >= 4 is 51.8 Å². The summed E-state index contributed by atoms with van der Waals surface area (Å²) in [6.07, 6.45) is 4.77. The molecule has 0 saturated carbocycles. The van der Waals surface area contributed by atoms with Crippen LogP contribution in [0.4, 0.5) is 11.6 Å². The predicted octanol–water partition coefficient (Wildman–Crippen LogP) is 4.09. The lowest BCUT2D eigenvalue weighted by atomic mass is 10.00. The van der Waals surface area contributed by atoms with Gasteiger partial charge in [-0.1, -0.05) is 29.8 Å². The Morgan fingerprint density at radius 3 is 2.39 bits per heavy atom. The van der Waals surface area contributed by atoms with E-state index in [4.69, 9.17) is 32.7 Å². The molecule has 0 aliphatic carbocycles. The lowest BCUT2D eigenvalue weighted by Gasteiger charge is -2.28. The van der Waals surface area contributed by atoms with Crippen molar-refractivity contribution in [2.45, 2.75) is 31.8 Å².